The van der Waals surface area contributed by atoms with Gasteiger partial charge in [-0.15, -0.1) is 0 Å². The number of nitrogens with two attached hydrogens (primary N) is 1. The van der Waals surface area contributed by atoms with E-state index in [0.717, 1.165) is 22.0 Å². The van der Waals surface area contributed by atoms with Gasteiger partial charge < -0.3 is 36.5 Å². The molecular weight excluding hydrogens is 502 g/mol. The Morgan fingerprint density at radius 1 is 1.00 bits per heavy atom. The van der Waals surface area contributed by atoms with E-state index in [1.165, 1.54) is 4.90 Å². The number of hydrogen-bond donors (Lipinski definition) is 6. The van der Waals surface area contributed by atoms with E-state index < -0.39 is 48.6 Å². The number of carbonyl (C=O) groups excluding carboxylic acids is 3. The SMILES string of the molecule is NC(Cc1ccccc1)C(=O)N1CCCC1C(=O)NC(Cc1c[nH]c2ccccc12)C(=O)NC(CO)C(=O)O. The zero-order valence-corrected chi connectivity index (χ0v) is 21.4. The van der Waals surface area contributed by atoms with Crippen molar-refractivity contribution in [1.82, 2.24) is 20.5 Å². The molecule has 3 amide bonds. The van der Waals surface area contributed by atoms with E-state index in [0.29, 0.717) is 25.8 Å². The third kappa shape index (κ3) is 6.62. The summed E-state index contributed by atoms with van der Waals surface area (Å²) in [6.45, 7) is -0.441. The molecule has 1 saturated heterocycles. The fourth-order valence-corrected chi connectivity index (χ4v) is 4.93. The standard InChI is InChI=1S/C28H33N5O6/c29-20(13-17-7-2-1-3-8-17)27(37)33-12-6-11-24(33)26(36)31-22(25(35)32-23(16-34)28(38)39)14-18-15-30-21-10-5-4-9-19(18)21/h1-5,7-10,15,20,22-24,30,34H,6,11-14,16,29H2,(H,31,36)(H,32,35)(H,38,39). The van der Waals surface area contributed by atoms with E-state index in [1.807, 2.05) is 54.6 Å². The lowest BCUT2D eigenvalue weighted by Crippen LogP contribution is -2.57. The number of aliphatic carboxylic acids is 1. The van der Waals surface area contributed by atoms with Gasteiger partial charge in [-0.2, -0.15) is 0 Å². The molecule has 206 valence electrons. The quantitative estimate of drug-likeness (QED) is 0.205. The Kier molecular flexibility index (Phi) is 8.95. The molecule has 39 heavy (non-hydrogen) atoms. The predicted octanol–water partition coefficient (Wildman–Crippen LogP) is 0.318. The number of hydrogen-bond acceptors (Lipinski definition) is 6. The van der Waals surface area contributed by atoms with Crippen molar-refractivity contribution in [2.24, 2.45) is 5.73 Å². The van der Waals surface area contributed by atoms with Crippen molar-refractivity contribution in [2.75, 3.05) is 13.2 Å². The Morgan fingerprint density at radius 2 is 1.72 bits per heavy atom. The summed E-state index contributed by atoms with van der Waals surface area (Å²) in [6, 6.07) is 12.5. The van der Waals surface area contributed by atoms with E-state index in [9.17, 15) is 29.4 Å². The number of amides is 3. The van der Waals surface area contributed by atoms with Crippen LogP contribution in [0.2, 0.25) is 0 Å². The van der Waals surface area contributed by atoms with Gasteiger partial charge in [-0.1, -0.05) is 48.5 Å². The van der Waals surface area contributed by atoms with Crippen molar-refractivity contribution in [1.29, 1.82) is 0 Å². The third-order valence-electron chi connectivity index (χ3n) is 6.98. The highest BCUT2D eigenvalue weighted by Crippen LogP contribution is 2.22. The second-order valence-electron chi connectivity index (χ2n) is 9.69. The number of benzene rings is 2. The minimum absolute atomic E-state index is 0.0630. The highest BCUT2D eigenvalue weighted by molar-refractivity contribution is 5.95. The molecule has 1 aliphatic heterocycles. The van der Waals surface area contributed by atoms with Crippen molar-refractivity contribution in [3.63, 3.8) is 0 Å². The largest absolute Gasteiger partial charge is 0.480 e. The molecule has 3 aromatic rings. The first-order valence-electron chi connectivity index (χ1n) is 12.9. The summed E-state index contributed by atoms with van der Waals surface area (Å²) in [4.78, 5) is 55.8. The van der Waals surface area contributed by atoms with Gasteiger partial charge in [0.05, 0.1) is 12.6 Å². The van der Waals surface area contributed by atoms with Crippen LogP contribution < -0.4 is 16.4 Å². The van der Waals surface area contributed by atoms with Gasteiger partial charge in [0.25, 0.3) is 0 Å². The smallest absolute Gasteiger partial charge is 0.328 e. The number of rotatable bonds is 11. The maximum Gasteiger partial charge on any atom is 0.328 e. The lowest BCUT2D eigenvalue weighted by atomic mass is 10.0. The number of carbonyl (C=O) groups is 4. The minimum atomic E-state index is -1.53. The summed E-state index contributed by atoms with van der Waals surface area (Å²) in [5.41, 5.74) is 8.71. The van der Waals surface area contributed by atoms with Crippen molar-refractivity contribution in [3.8, 4) is 0 Å². The van der Waals surface area contributed by atoms with Crippen LogP contribution in [0.1, 0.15) is 24.0 Å². The molecule has 0 saturated carbocycles. The Labute approximate surface area is 225 Å². The molecule has 0 spiro atoms. The first-order valence-corrected chi connectivity index (χ1v) is 12.9. The maximum atomic E-state index is 13.4. The van der Waals surface area contributed by atoms with Crippen LogP contribution in [0.4, 0.5) is 0 Å². The van der Waals surface area contributed by atoms with Crippen molar-refractivity contribution in [3.05, 3.63) is 71.9 Å². The molecule has 0 aliphatic carbocycles. The summed E-state index contributed by atoms with van der Waals surface area (Å²) in [6.07, 6.45) is 3.13. The molecule has 11 heteroatoms. The van der Waals surface area contributed by atoms with Gasteiger partial charge in [0.2, 0.25) is 17.7 Å². The molecule has 0 bridgehead atoms. The molecule has 2 heterocycles. The summed E-state index contributed by atoms with van der Waals surface area (Å²) >= 11 is 0. The lowest BCUT2D eigenvalue weighted by Gasteiger charge is -2.28. The average molecular weight is 536 g/mol. The number of aliphatic hydroxyl groups excluding tert-OH is 1. The third-order valence-corrected chi connectivity index (χ3v) is 6.98. The Hall–Kier alpha value is -4.22. The number of nitrogens with zero attached hydrogens (tertiary/aromatic N) is 1. The summed E-state index contributed by atoms with van der Waals surface area (Å²) in [5.74, 6) is -3.03. The molecule has 4 atom stereocenters. The fourth-order valence-electron chi connectivity index (χ4n) is 4.93. The molecule has 4 rings (SSSR count). The number of aliphatic hydroxyl groups is 1. The molecule has 1 aliphatic rings. The molecule has 1 fully saturated rings. The Bertz CT molecular complexity index is 1330. The minimum Gasteiger partial charge on any atom is -0.480 e. The van der Waals surface area contributed by atoms with E-state index in [4.69, 9.17) is 5.73 Å². The highest BCUT2D eigenvalue weighted by atomic mass is 16.4. The second-order valence-corrected chi connectivity index (χ2v) is 9.69. The van der Waals surface area contributed by atoms with Crippen molar-refractivity contribution in [2.45, 2.75) is 49.9 Å². The van der Waals surface area contributed by atoms with Crippen LogP contribution in [0.15, 0.2) is 60.8 Å². The van der Waals surface area contributed by atoms with Gasteiger partial charge in [0, 0.05) is 30.1 Å². The molecule has 0 radical (unpaired) electrons. The number of likely N-dealkylation sites (tertiary alicyclic amines) is 1. The number of aromatic nitrogens is 1. The normalized spacial score (nSPS) is 17.4. The van der Waals surface area contributed by atoms with Crippen molar-refractivity contribution < 1.29 is 29.4 Å². The second kappa shape index (κ2) is 12.5. The monoisotopic (exact) mass is 535 g/mol. The molecule has 4 unspecified atom stereocenters. The number of H-pyrrole nitrogens is 1. The van der Waals surface area contributed by atoms with Crippen LogP contribution in [-0.2, 0) is 32.0 Å². The zero-order chi connectivity index (χ0) is 27.9. The number of nitrogens with one attached hydrogen (secondary N) is 3. The van der Waals surface area contributed by atoms with Gasteiger partial charge in [0.15, 0.2) is 0 Å². The summed E-state index contributed by atoms with van der Waals surface area (Å²) in [5, 5.41) is 24.5. The molecule has 11 nitrogen and oxygen atoms in total. The molecule has 1 aromatic heterocycles. The molecule has 7 N–H and O–H groups in total. The fraction of sp³-hybridized carbons (Fsp3) is 0.357. The van der Waals surface area contributed by atoms with Gasteiger partial charge in [-0.05, 0) is 36.5 Å². The van der Waals surface area contributed by atoms with Crippen LogP contribution in [-0.4, -0.2) is 81.1 Å². The predicted molar refractivity (Wildman–Crippen MR) is 143 cm³/mol. The van der Waals surface area contributed by atoms with E-state index in [1.54, 1.807) is 6.20 Å². The number of aromatic amines is 1. The maximum absolute atomic E-state index is 13.4. The highest BCUT2D eigenvalue weighted by Gasteiger charge is 2.38. The number of fused-ring (bicyclic) bond motifs is 1. The first-order chi connectivity index (χ1) is 18.8. The zero-order valence-electron chi connectivity index (χ0n) is 21.4. The van der Waals surface area contributed by atoms with Crippen LogP contribution in [0.25, 0.3) is 10.9 Å². The molecule has 2 aromatic carbocycles. The van der Waals surface area contributed by atoms with Gasteiger partial charge in [0.1, 0.15) is 18.1 Å². The summed E-state index contributed by atoms with van der Waals surface area (Å²) in [7, 11) is 0. The van der Waals surface area contributed by atoms with Gasteiger partial charge in [-0.3, -0.25) is 14.4 Å². The van der Waals surface area contributed by atoms with Gasteiger partial charge >= 0.3 is 5.97 Å². The first kappa shape index (κ1) is 27.8. The number of carboxylic acids is 1. The average Bonchev–Trinajstić information content (AvgIpc) is 3.59. The summed E-state index contributed by atoms with van der Waals surface area (Å²) < 4.78 is 0. The van der Waals surface area contributed by atoms with Gasteiger partial charge in [-0.25, -0.2) is 4.79 Å². The lowest BCUT2D eigenvalue weighted by molar-refractivity contribution is -0.144. The van der Waals surface area contributed by atoms with E-state index in [2.05, 4.69) is 15.6 Å². The Balaban J connectivity index is 1.50. The number of para-hydroxylation sites is 1. The van der Waals surface area contributed by atoms with Crippen LogP contribution >= 0.6 is 0 Å². The molecular formula is C28H33N5O6. The number of carboxylic acid groups (broad SMARTS) is 1. The van der Waals surface area contributed by atoms with E-state index >= 15 is 0 Å². The van der Waals surface area contributed by atoms with E-state index in [-0.39, 0.29) is 12.3 Å². The van der Waals surface area contributed by atoms with Crippen LogP contribution in [0.5, 0.6) is 0 Å². The topological polar surface area (TPSA) is 178 Å². The Morgan fingerprint density at radius 3 is 2.44 bits per heavy atom. The van der Waals surface area contributed by atoms with Crippen LogP contribution in [0, 0.1) is 0 Å². The van der Waals surface area contributed by atoms with Crippen molar-refractivity contribution >= 4 is 34.6 Å². The van der Waals surface area contributed by atoms with Crippen LogP contribution in [0.3, 0.4) is 0 Å².